The number of aryl methyl sites for hydroxylation is 1. The average molecular weight is 333 g/mol. The molecule has 4 rings (SSSR count). The summed E-state index contributed by atoms with van der Waals surface area (Å²) >= 11 is 0. The van der Waals surface area contributed by atoms with Crippen LogP contribution < -0.4 is 5.32 Å². The van der Waals surface area contributed by atoms with Gasteiger partial charge in [-0.3, -0.25) is 4.79 Å². The molecule has 0 atom stereocenters. The van der Waals surface area contributed by atoms with Gasteiger partial charge in [-0.2, -0.15) is 0 Å². The molecule has 124 valence electrons. The molecule has 4 aromatic rings. The van der Waals surface area contributed by atoms with E-state index in [1.54, 1.807) is 0 Å². The van der Waals surface area contributed by atoms with Crippen molar-refractivity contribution >= 4 is 22.6 Å². The summed E-state index contributed by atoms with van der Waals surface area (Å²) in [7, 11) is 1.99. The van der Waals surface area contributed by atoms with Gasteiger partial charge in [-0.05, 0) is 46.8 Å². The number of tetrazole rings is 1. The minimum atomic E-state index is -0.192. The van der Waals surface area contributed by atoms with E-state index in [-0.39, 0.29) is 12.5 Å². The van der Waals surface area contributed by atoms with Crippen molar-refractivity contribution in [3.8, 4) is 11.4 Å². The Morgan fingerprint density at radius 2 is 1.92 bits per heavy atom. The van der Waals surface area contributed by atoms with Crippen LogP contribution in [0.2, 0.25) is 0 Å². The predicted octanol–water partition coefficient (Wildman–Crippen LogP) is 1.87. The summed E-state index contributed by atoms with van der Waals surface area (Å²) < 4.78 is 3.42. The lowest BCUT2D eigenvalue weighted by Gasteiger charge is -2.07. The smallest absolute Gasteiger partial charge is 0.246 e. The lowest BCUT2D eigenvalue weighted by molar-refractivity contribution is -0.116. The minimum Gasteiger partial charge on any atom is -0.327 e. The molecule has 0 saturated carbocycles. The van der Waals surface area contributed by atoms with Crippen molar-refractivity contribution in [3.05, 3.63) is 54.9 Å². The molecule has 8 heteroatoms. The topological polar surface area (TPSA) is 90.5 Å². The Morgan fingerprint density at radius 3 is 2.64 bits per heavy atom. The number of benzene rings is 2. The zero-order chi connectivity index (χ0) is 17.2. The van der Waals surface area contributed by atoms with Gasteiger partial charge >= 0.3 is 0 Å². The van der Waals surface area contributed by atoms with E-state index in [9.17, 15) is 4.79 Å². The number of fused-ring (bicyclic) bond motifs is 1. The molecule has 1 amide bonds. The Kier molecular flexibility index (Phi) is 3.70. The van der Waals surface area contributed by atoms with Crippen molar-refractivity contribution in [1.29, 1.82) is 0 Å². The van der Waals surface area contributed by atoms with Crippen molar-refractivity contribution in [2.24, 2.45) is 7.05 Å². The van der Waals surface area contributed by atoms with Gasteiger partial charge in [0, 0.05) is 18.3 Å². The summed E-state index contributed by atoms with van der Waals surface area (Å²) in [5.41, 5.74) is 3.73. The summed E-state index contributed by atoms with van der Waals surface area (Å²) in [6.07, 6.45) is 1.40. The Labute approximate surface area is 143 Å². The van der Waals surface area contributed by atoms with E-state index < -0.39 is 0 Å². The van der Waals surface area contributed by atoms with Crippen LogP contribution in [-0.4, -0.2) is 35.7 Å². The third-order valence-corrected chi connectivity index (χ3v) is 3.91. The first-order chi connectivity index (χ1) is 12.2. The van der Waals surface area contributed by atoms with Crippen LogP contribution in [0.3, 0.4) is 0 Å². The Bertz CT molecular complexity index is 1020. The number of rotatable bonds is 4. The second-order valence-electron chi connectivity index (χ2n) is 5.62. The van der Waals surface area contributed by atoms with Gasteiger partial charge in [0.1, 0.15) is 18.7 Å². The highest BCUT2D eigenvalue weighted by atomic mass is 16.2. The zero-order valence-corrected chi connectivity index (χ0v) is 13.5. The number of hydrogen-bond donors (Lipinski definition) is 1. The molecule has 2 heterocycles. The molecule has 0 unspecified atom stereocenters. The molecule has 0 aliphatic rings. The molecular weight excluding hydrogens is 318 g/mol. The monoisotopic (exact) mass is 333 g/mol. The zero-order valence-electron chi connectivity index (χ0n) is 13.5. The molecule has 2 aromatic heterocycles. The summed E-state index contributed by atoms with van der Waals surface area (Å²) in [6.45, 7) is 0.0690. The van der Waals surface area contributed by atoms with Gasteiger partial charge in [0.05, 0.1) is 11.0 Å². The maximum absolute atomic E-state index is 12.0. The fraction of sp³-hybridized carbons (Fsp3) is 0.118. The van der Waals surface area contributed by atoms with Crippen LogP contribution in [-0.2, 0) is 18.4 Å². The normalized spacial score (nSPS) is 10.9. The van der Waals surface area contributed by atoms with E-state index in [0.717, 1.165) is 22.4 Å². The molecule has 25 heavy (non-hydrogen) atoms. The van der Waals surface area contributed by atoms with Gasteiger partial charge in [-0.1, -0.05) is 12.1 Å². The van der Waals surface area contributed by atoms with Crippen molar-refractivity contribution in [2.75, 3.05) is 5.32 Å². The Balaban J connectivity index is 1.53. The van der Waals surface area contributed by atoms with Gasteiger partial charge < -0.3 is 9.88 Å². The van der Waals surface area contributed by atoms with E-state index in [2.05, 4.69) is 30.4 Å². The predicted molar refractivity (Wildman–Crippen MR) is 92.6 cm³/mol. The first kappa shape index (κ1) is 15.0. The molecule has 0 saturated heterocycles. The van der Waals surface area contributed by atoms with Crippen molar-refractivity contribution in [3.63, 3.8) is 0 Å². The van der Waals surface area contributed by atoms with Crippen molar-refractivity contribution in [2.45, 2.75) is 6.54 Å². The van der Waals surface area contributed by atoms with E-state index >= 15 is 0 Å². The van der Waals surface area contributed by atoms with Crippen LogP contribution >= 0.6 is 0 Å². The number of para-hydroxylation sites is 2. The number of carbonyl (C=O) groups is 1. The third kappa shape index (κ3) is 2.97. The maximum Gasteiger partial charge on any atom is 0.246 e. The standard InChI is InChI=1S/C17H15N7O/c1-23-15-5-3-2-4-14(15)20-17(23)12-6-8-13(9-7-12)19-16(25)10-24-11-18-21-22-24/h2-9,11H,10H2,1H3,(H,19,25). The van der Waals surface area contributed by atoms with Crippen LogP contribution in [0.25, 0.3) is 22.4 Å². The van der Waals surface area contributed by atoms with E-state index in [4.69, 9.17) is 0 Å². The summed E-state index contributed by atoms with van der Waals surface area (Å²) in [5, 5.41) is 13.5. The molecule has 0 bridgehead atoms. The van der Waals surface area contributed by atoms with Gasteiger partial charge in [0.15, 0.2) is 0 Å². The number of anilines is 1. The number of nitrogens with one attached hydrogen (secondary N) is 1. The molecule has 0 aliphatic heterocycles. The molecule has 0 aliphatic carbocycles. The lowest BCUT2D eigenvalue weighted by atomic mass is 10.2. The summed E-state index contributed by atoms with van der Waals surface area (Å²) in [5.74, 6) is 0.690. The summed E-state index contributed by atoms with van der Waals surface area (Å²) in [4.78, 5) is 16.6. The number of nitrogens with zero attached hydrogens (tertiary/aromatic N) is 6. The van der Waals surface area contributed by atoms with Gasteiger partial charge in [-0.25, -0.2) is 9.67 Å². The molecule has 0 radical (unpaired) electrons. The molecule has 0 fully saturated rings. The third-order valence-electron chi connectivity index (χ3n) is 3.91. The molecule has 2 aromatic carbocycles. The van der Waals surface area contributed by atoms with Gasteiger partial charge in [0.25, 0.3) is 0 Å². The highest BCUT2D eigenvalue weighted by Gasteiger charge is 2.10. The maximum atomic E-state index is 12.0. The largest absolute Gasteiger partial charge is 0.327 e. The first-order valence-electron chi connectivity index (χ1n) is 7.73. The number of hydrogen-bond acceptors (Lipinski definition) is 5. The van der Waals surface area contributed by atoms with Crippen LogP contribution in [0.1, 0.15) is 0 Å². The number of imidazole rings is 1. The van der Waals surface area contributed by atoms with E-state index in [1.165, 1.54) is 11.0 Å². The van der Waals surface area contributed by atoms with E-state index in [0.29, 0.717) is 5.69 Å². The average Bonchev–Trinajstić information content (AvgIpc) is 3.24. The van der Waals surface area contributed by atoms with Crippen LogP contribution in [0.5, 0.6) is 0 Å². The fourth-order valence-corrected chi connectivity index (χ4v) is 2.71. The minimum absolute atomic E-state index is 0.0690. The Hall–Kier alpha value is -3.55. The van der Waals surface area contributed by atoms with Gasteiger partial charge in [0.2, 0.25) is 5.91 Å². The van der Waals surface area contributed by atoms with Crippen molar-refractivity contribution < 1.29 is 4.79 Å². The molecular formula is C17H15N7O. The van der Waals surface area contributed by atoms with Crippen molar-refractivity contribution in [1.82, 2.24) is 29.8 Å². The second-order valence-corrected chi connectivity index (χ2v) is 5.62. The molecule has 0 spiro atoms. The molecule has 1 N–H and O–H groups in total. The Morgan fingerprint density at radius 1 is 1.12 bits per heavy atom. The van der Waals surface area contributed by atoms with Crippen LogP contribution in [0.15, 0.2) is 54.9 Å². The highest BCUT2D eigenvalue weighted by Crippen LogP contribution is 2.24. The SMILES string of the molecule is Cn1c(-c2ccc(NC(=O)Cn3cnnn3)cc2)nc2ccccc21. The van der Waals surface area contributed by atoms with E-state index in [1.807, 2.05) is 55.6 Å². The highest BCUT2D eigenvalue weighted by molar-refractivity contribution is 5.90. The quantitative estimate of drug-likeness (QED) is 0.616. The summed E-state index contributed by atoms with van der Waals surface area (Å²) in [6, 6.07) is 15.6. The second kappa shape index (κ2) is 6.16. The molecule has 8 nitrogen and oxygen atoms in total. The fourth-order valence-electron chi connectivity index (χ4n) is 2.71. The number of aromatic nitrogens is 6. The lowest BCUT2D eigenvalue weighted by Crippen LogP contribution is -2.19. The van der Waals surface area contributed by atoms with Crippen LogP contribution in [0, 0.1) is 0 Å². The number of amides is 1. The first-order valence-corrected chi connectivity index (χ1v) is 7.73. The van der Waals surface area contributed by atoms with Gasteiger partial charge in [-0.15, -0.1) is 5.10 Å². The van der Waals surface area contributed by atoms with Crippen LogP contribution in [0.4, 0.5) is 5.69 Å². The number of carbonyl (C=O) groups excluding carboxylic acids is 1.